The van der Waals surface area contributed by atoms with Gasteiger partial charge in [-0.2, -0.15) is 8.97 Å². The molecule has 0 amide bonds. The van der Waals surface area contributed by atoms with E-state index in [-0.39, 0.29) is 16.9 Å². The average molecular weight is 600 g/mol. The molecule has 0 fully saturated rings. The summed E-state index contributed by atoms with van der Waals surface area (Å²) in [5.41, 5.74) is 15.8. The maximum atomic E-state index is 4.82. The summed E-state index contributed by atoms with van der Waals surface area (Å²) in [5.74, 6) is 1.70. The van der Waals surface area contributed by atoms with Crippen LogP contribution in [0.25, 0.3) is 33.8 Å². The molecule has 5 heteroatoms. The van der Waals surface area contributed by atoms with E-state index in [2.05, 4.69) is 143 Å². The molecule has 1 unspecified atom stereocenters. The van der Waals surface area contributed by atoms with Crippen molar-refractivity contribution in [2.75, 3.05) is 0 Å². The first-order valence-corrected chi connectivity index (χ1v) is 16.7. The van der Waals surface area contributed by atoms with E-state index in [1.54, 1.807) is 0 Å². The molecule has 0 radical (unpaired) electrons. The molecule has 2 aliphatic heterocycles. The van der Waals surface area contributed by atoms with E-state index in [0.717, 1.165) is 18.8 Å². The maximum Gasteiger partial charge on any atom is 0.361 e. The van der Waals surface area contributed by atoms with Gasteiger partial charge >= 0.3 is 11.3 Å². The van der Waals surface area contributed by atoms with Crippen LogP contribution in [0.5, 0.6) is 0 Å². The van der Waals surface area contributed by atoms with Crippen molar-refractivity contribution < 1.29 is 8.97 Å². The number of nitrogens with zero attached hydrogens (tertiary/aromatic N) is 5. The van der Waals surface area contributed by atoms with Crippen molar-refractivity contribution in [3.8, 4) is 11.4 Å². The third-order valence-corrected chi connectivity index (χ3v) is 11.7. The van der Waals surface area contributed by atoms with Crippen LogP contribution < -0.4 is 8.97 Å². The van der Waals surface area contributed by atoms with E-state index in [9.17, 15) is 0 Å². The third kappa shape index (κ3) is 3.82. The molecule has 45 heavy (non-hydrogen) atoms. The fraction of sp³-hybridized carbons (Fsp3) is 0.425. The Morgan fingerprint density at radius 3 is 2.51 bits per heavy atom. The van der Waals surface area contributed by atoms with Crippen molar-refractivity contribution in [3.05, 3.63) is 101 Å². The van der Waals surface area contributed by atoms with Crippen molar-refractivity contribution >= 4 is 22.4 Å². The molecular formula is C40H49N5+2. The Morgan fingerprint density at radius 1 is 1.11 bits per heavy atom. The second-order valence-electron chi connectivity index (χ2n) is 14.7. The fourth-order valence-corrected chi connectivity index (χ4v) is 9.10. The molecule has 3 atom stereocenters. The Morgan fingerprint density at radius 2 is 1.84 bits per heavy atom. The van der Waals surface area contributed by atoms with Crippen molar-refractivity contribution in [1.82, 2.24) is 14.1 Å². The topological polar surface area (TPSA) is 30.7 Å². The van der Waals surface area contributed by atoms with Gasteiger partial charge in [0.05, 0.1) is 0 Å². The lowest BCUT2D eigenvalue weighted by molar-refractivity contribution is -0.707. The first-order chi connectivity index (χ1) is 21.3. The smallest absolute Gasteiger partial charge is 0.334 e. The molecule has 0 saturated carbocycles. The molecule has 3 aliphatic rings. The van der Waals surface area contributed by atoms with Gasteiger partial charge in [0, 0.05) is 53.9 Å². The highest BCUT2D eigenvalue weighted by Crippen LogP contribution is 2.60. The van der Waals surface area contributed by atoms with Gasteiger partial charge < -0.3 is 4.57 Å². The zero-order valence-corrected chi connectivity index (χ0v) is 29.1. The molecule has 0 saturated heterocycles. The molecule has 5 nitrogen and oxygen atoms in total. The van der Waals surface area contributed by atoms with Gasteiger partial charge in [-0.1, -0.05) is 69.7 Å². The summed E-state index contributed by atoms with van der Waals surface area (Å²) in [4.78, 5) is 4.82. The third-order valence-electron chi connectivity index (χ3n) is 11.7. The van der Waals surface area contributed by atoms with Crippen molar-refractivity contribution in [3.63, 3.8) is 0 Å². The number of rotatable bonds is 5. The Hall–Kier alpha value is -3.99. The largest absolute Gasteiger partial charge is 0.361 e. The van der Waals surface area contributed by atoms with Crippen LogP contribution in [0.3, 0.4) is 0 Å². The molecule has 5 heterocycles. The Kier molecular flexibility index (Phi) is 6.60. The van der Waals surface area contributed by atoms with E-state index < -0.39 is 0 Å². The minimum atomic E-state index is -0.318. The van der Waals surface area contributed by atoms with Crippen LogP contribution in [0.15, 0.2) is 72.2 Å². The summed E-state index contributed by atoms with van der Waals surface area (Å²) < 4.78 is 10.1. The van der Waals surface area contributed by atoms with Crippen LogP contribution in [0.2, 0.25) is 0 Å². The van der Waals surface area contributed by atoms with Gasteiger partial charge in [0.1, 0.15) is 17.6 Å². The lowest BCUT2D eigenvalue weighted by Crippen LogP contribution is -2.56. The fourth-order valence-electron chi connectivity index (χ4n) is 9.10. The summed E-state index contributed by atoms with van der Waals surface area (Å²) in [6.45, 7) is 24.6. The quantitative estimate of drug-likeness (QED) is 0.168. The van der Waals surface area contributed by atoms with Gasteiger partial charge in [0.25, 0.3) is 0 Å². The van der Waals surface area contributed by atoms with E-state index in [1.807, 2.05) is 12.4 Å². The van der Waals surface area contributed by atoms with E-state index in [4.69, 9.17) is 4.98 Å². The highest BCUT2D eigenvalue weighted by molar-refractivity contribution is 5.84. The standard InChI is InChI=1S/C40H49N5/c1-12-26(5)34(24(2)3)33-23-44-35-27(6)21-25(4)22-32(35)43-19-17-31-36(43)38(44)45(33)40(10,39(31,8)9)28(7)29-15-13-14-16-30(29)37-41-18-20-42(37)11/h12-18,20-21,23,25,28H,19,22H2,1-11H3/q+2/b26-12-/t25?,28-,40-/m0/s1. The molecule has 0 N–H and O–H groups in total. The first kappa shape index (κ1) is 29.7. The number of allylic oxidation sites excluding steroid dienone is 8. The van der Waals surface area contributed by atoms with Gasteiger partial charge in [0.2, 0.25) is 11.4 Å². The molecule has 1 aliphatic carbocycles. The highest BCUT2D eigenvalue weighted by atomic mass is 15.2. The maximum absolute atomic E-state index is 4.82. The predicted octanol–water partition coefficient (Wildman–Crippen LogP) is 8.23. The van der Waals surface area contributed by atoms with Crippen molar-refractivity contribution in [2.45, 2.75) is 93.7 Å². The number of aryl methyl sites for hydroxylation is 1. The van der Waals surface area contributed by atoms with E-state index >= 15 is 0 Å². The minimum absolute atomic E-state index is 0.162. The number of aromatic nitrogens is 5. The number of hydrogen-bond donors (Lipinski definition) is 0. The van der Waals surface area contributed by atoms with E-state index in [1.165, 1.54) is 67.4 Å². The van der Waals surface area contributed by atoms with Crippen molar-refractivity contribution in [1.29, 1.82) is 0 Å². The van der Waals surface area contributed by atoms with Crippen LogP contribution in [0, 0.1) is 11.3 Å². The predicted molar refractivity (Wildman–Crippen MR) is 184 cm³/mol. The molecule has 0 bridgehead atoms. The molecule has 7 rings (SSSR count). The summed E-state index contributed by atoms with van der Waals surface area (Å²) in [5, 5.41) is 0. The summed E-state index contributed by atoms with van der Waals surface area (Å²) in [6, 6.07) is 8.94. The molecule has 4 aromatic rings. The van der Waals surface area contributed by atoms with Gasteiger partial charge in [-0.25, -0.2) is 9.55 Å². The summed E-state index contributed by atoms with van der Waals surface area (Å²) in [7, 11) is 2.10. The first-order valence-electron chi connectivity index (χ1n) is 16.7. The van der Waals surface area contributed by atoms with Crippen LogP contribution in [-0.2, 0) is 25.6 Å². The Labute approximate surface area is 269 Å². The van der Waals surface area contributed by atoms with Crippen LogP contribution in [0.1, 0.15) is 103 Å². The monoisotopic (exact) mass is 599 g/mol. The SMILES string of the molecule is C/C=C(/C)C(=C(C)C)c1c[n+]2c3c([n+]4c5c2n1[C@@](C)([C@@H](C)c1ccccc1-c1nccn1C)C(C)(C)C5=CC4)CC(C)C=C3C. The lowest BCUT2D eigenvalue weighted by Gasteiger charge is -2.48. The zero-order valence-electron chi connectivity index (χ0n) is 29.1. The van der Waals surface area contributed by atoms with Crippen LogP contribution >= 0.6 is 0 Å². The molecule has 0 spiro atoms. The molecule has 232 valence electrons. The average Bonchev–Trinajstić information content (AvgIpc) is 3.72. The van der Waals surface area contributed by atoms with Crippen LogP contribution in [-0.4, -0.2) is 14.1 Å². The van der Waals surface area contributed by atoms with Gasteiger partial charge in [-0.15, -0.1) is 0 Å². The molecular weight excluding hydrogens is 550 g/mol. The zero-order chi connectivity index (χ0) is 32.2. The normalized spacial score (nSPS) is 22.3. The van der Waals surface area contributed by atoms with Crippen LogP contribution in [0.4, 0.5) is 0 Å². The minimum Gasteiger partial charge on any atom is -0.334 e. The lowest BCUT2D eigenvalue weighted by atomic mass is 9.59. The highest BCUT2D eigenvalue weighted by Gasteiger charge is 2.63. The van der Waals surface area contributed by atoms with Gasteiger partial charge in [0.15, 0.2) is 12.2 Å². The summed E-state index contributed by atoms with van der Waals surface area (Å²) in [6.07, 6.45) is 14.8. The van der Waals surface area contributed by atoms with Gasteiger partial charge in [-0.05, 0) is 70.2 Å². The Bertz CT molecular complexity index is 2030. The number of fused-ring (bicyclic) bond motifs is 3. The summed E-state index contributed by atoms with van der Waals surface area (Å²) >= 11 is 0. The number of benzene rings is 1. The number of hydrogen-bond acceptors (Lipinski definition) is 1. The second kappa shape index (κ2) is 10.0. The van der Waals surface area contributed by atoms with E-state index in [0.29, 0.717) is 5.92 Å². The number of imidazole rings is 2. The molecule has 1 aromatic carbocycles. The second-order valence-corrected chi connectivity index (χ2v) is 14.7. The molecule has 3 aromatic heterocycles. The van der Waals surface area contributed by atoms with Crippen molar-refractivity contribution in [2.24, 2.45) is 18.4 Å². The Balaban J connectivity index is 1.65. The van der Waals surface area contributed by atoms with Gasteiger partial charge in [-0.3, -0.25) is 0 Å².